The van der Waals surface area contributed by atoms with Gasteiger partial charge in [0.1, 0.15) is 22.2 Å². The molecule has 0 aliphatic carbocycles. The number of thioether (sulfide) groups is 1. The number of aromatic nitrogens is 2. The number of rotatable bonds is 8. The molecule has 0 saturated carbocycles. The molecule has 8 nitrogen and oxygen atoms in total. The molecule has 9 heteroatoms. The summed E-state index contributed by atoms with van der Waals surface area (Å²) in [6.45, 7) is 13.7. The monoisotopic (exact) mass is 485 g/mol. The van der Waals surface area contributed by atoms with Crippen LogP contribution in [0.2, 0.25) is 0 Å². The van der Waals surface area contributed by atoms with Gasteiger partial charge in [0.25, 0.3) is 0 Å². The summed E-state index contributed by atoms with van der Waals surface area (Å²) in [6.07, 6.45) is 2.44. The van der Waals surface area contributed by atoms with Crippen LogP contribution in [0.25, 0.3) is 4.85 Å². The van der Waals surface area contributed by atoms with Crippen LogP contribution >= 0.6 is 11.8 Å². The molecule has 178 valence electrons. The number of hydrogen-bond donors (Lipinski definition) is 2. The van der Waals surface area contributed by atoms with Crippen LogP contribution in [0.3, 0.4) is 0 Å². The van der Waals surface area contributed by atoms with E-state index in [2.05, 4.69) is 31.8 Å². The molecule has 35 heavy (non-hydrogen) atoms. The third-order valence-corrected chi connectivity index (χ3v) is 7.38. The Balaban J connectivity index is 1.66. The maximum Gasteiger partial charge on any atom is 0.235 e. The maximum absolute atomic E-state index is 12.4. The van der Waals surface area contributed by atoms with E-state index < -0.39 is 11.2 Å². The zero-order chi connectivity index (χ0) is 24.8. The van der Waals surface area contributed by atoms with Gasteiger partial charge in [-0.2, -0.15) is 5.26 Å². The van der Waals surface area contributed by atoms with E-state index >= 15 is 0 Å². The number of carbonyl (C=O) groups is 1. The van der Waals surface area contributed by atoms with Crippen LogP contribution in [0.5, 0.6) is 0 Å². The fourth-order valence-electron chi connectivity index (χ4n) is 4.32. The minimum Gasteiger partial charge on any atom is -0.368 e. The predicted molar refractivity (Wildman–Crippen MR) is 137 cm³/mol. The maximum atomic E-state index is 12.4. The number of benzene rings is 1. The minimum absolute atomic E-state index is 0.347. The molecule has 0 bridgehead atoms. The molecule has 1 aliphatic rings. The van der Waals surface area contributed by atoms with Crippen LogP contribution in [0.15, 0.2) is 53.7 Å². The normalized spacial score (nSPS) is 14.8. The molecule has 3 N–H and O–H groups in total. The molecule has 1 fully saturated rings. The van der Waals surface area contributed by atoms with E-state index in [1.165, 1.54) is 17.5 Å². The average Bonchev–Trinajstić information content (AvgIpc) is 3.40. The van der Waals surface area contributed by atoms with Gasteiger partial charge in [-0.05, 0) is 29.7 Å². The molecule has 0 spiro atoms. The van der Waals surface area contributed by atoms with Crippen LogP contribution < -0.4 is 10.6 Å². The van der Waals surface area contributed by atoms with Crippen molar-refractivity contribution in [2.24, 2.45) is 5.73 Å². The highest BCUT2D eigenvalue weighted by Gasteiger charge is 2.28. The number of aromatic amines is 1. The van der Waals surface area contributed by atoms with Gasteiger partial charge in [-0.15, -0.1) is 0 Å². The quantitative estimate of drug-likeness (QED) is 0.368. The highest BCUT2D eigenvalue weighted by atomic mass is 32.2. The van der Waals surface area contributed by atoms with Gasteiger partial charge in [-0.25, -0.2) is 9.83 Å². The van der Waals surface area contributed by atoms with Gasteiger partial charge in [0.05, 0.1) is 12.1 Å². The van der Waals surface area contributed by atoms with Crippen molar-refractivity contribution in [3.05, 3.63) is 82.5 Å². The van der Waals surface area contributed by atoms with Crippen molar-refractivity contribution in [2.45, 2.75) is 30.2 Å². The van der Waals surface area contributed by atoms with Crippen molar-refractivity contribution in [3.63, 3.8) is 0 Å². The molecular formula is C26H27N7OS. The van der Waals surface area contributed by atoms with Gasteiger partial charge in [0, 0.05) is 44.6 Å². The van der Waals surface area contributed by atoms with Crippen LogP contribution in [0, 0.1) is 17.9 Å². The van der Waals surface area contributed by atoms with Gasteiger partial charge in [0.15, 0.2) is 0 Å². The van der Waals surface area contributed by atoms with Crippen LogP contribution in [0.1, 0.15) is 34.6 Å². The van der Waals surface area contributed by atoms with Crippen molar-refractivity contribution in [3.8, 4) is 6.07 Å². The predicted octanol–water partition coefficient (Wildman–Crippen LogP) is 4.04. The number of hydrogen-bond acceptors (Lipinski definition) is 6. The number of nitrogens with zero attached hydrogens (tertiary/aromatic N) is 5. The van der Waals surface area contributed by atoms with Crippen LogP contribution in [0.4, 0.5) is 11.5 Å². The Hall–Kier alpha value is -3.79. The van der Waals surface area contributed by atoms with Crippen molar-refractivity contribution < 1.29 is 4.79 Å². The van der Waals surface area contributed by atoms with E-state index in [1.54, 1.807) is 0 Å². The molecule has 1 aliphatic heterocycles. The number of nitrogens with two attached hydrogens (primary N) is 1. The zero-order valence-electron chi connectivity index (χ0n) is 19.6. The van der Waals surface area contributed by atoms with Crippen molar-refractivity contribution in [1.29, 1.82) is 5.26 Å². The Morgan fingerprint density at radius 2 is 2.00 bits per heavy atom. The molecule has 1 amide bonds. The van der Waals surface area contributed by atoms with Gasteiger partial charge in [-0.3, -0.25) is 9.69 Å². The molecule has 1 saturated heterocycles. The first kappa shape index (κ1) is 24.3. The topological polar surface area (TPSA) is 106 Å². The average molecular weight is 486 g/mol. The van der Waals surface area contributed by atoms with Crippen molar-refractivity contribution in [2.75, 3.05) is 31.1 Å². The second-order valence-electron chi connectivity index (χ2n) is 8.29. The number of pyridine rings is 1. The van der Waals surface area contributed by atoms with Crippen molar-refractivity contribution in [1.82, 2.24) is 14.9 Å². The Labute approximate surface area is 209 Å². The molecule has 2 aromatic heterocycles. The summed E-state index contributed by atoms with van der Waals surface area (Å²) >= 11 is 1.18. The summed E-state index contributed by atoms with van der Waals surface area (Å²) in [5, 5.41) is 9.73. The van der Waals surface area contributed by atoms with E-state index in [-0.39, 0.29) is 0 Å². The number of nitriles is 1. The Kier molecular flexibility index (Phi) is 7.71. The number of carbonyl (C=O) groups excluding carboxylic acids is 1. The fourth-order valence-corrected chi connectivity index (χ4v) is 5.38. The number of H-pyrrole nitrogens is 1. The summed E-state index contributed by atoms with van der Waals surface area (Å²) in [4.78, 5) is 28.7. The molecule has 3 aromatic rings. The summed E-state index contributed by atoms with van der Waals surface area (Å²) in [5.41, 5.74) is 9.10. The molecule has 1 aromatic carbocycles. The van der Waals surface area contributed by atoms with E-state index in [9.17, 15) is 10.1 Å². The van der Waals surface area contributed by atoms with Gasteiger partial charge in [0.2, 0.25) is 11.6 Å². The molecule has 1 unspecified atom stereocenters. The SMILES string of the molecule is [C-]#[N+]c1c(N2CCN(Cc3ccc[nH]3)CC2)nc(SC(C(N)=O)c2ccccc2)c(C#N)c1CC. The third-order valence-electron chi connectivity index (χ3n) is 6.12. The number of amides is 1. The number of primary amides is 1. The molecule has 4 rings (SSSR count). The second-order valence-corrected chi connectivity index (χ2v) is 9.38. The molecule has 1 atom stereocenters. The van der Waals surface area contributed by atoms with E-state index in [0.717, 1.165) is 25.2 Å². The smallest absolute Gasteiger partial charge is 0.235 e. The Morgan fingerprint density at radius 1 is 1.26 bits per heavy atom. The summed E-state index contributed by atoms with van der Waals surface area (Å²) in [5.74, 6) is 0.0767. The lowest BCUT2D eigenvalue weighted by molar-refractivity contribution is -0.117. The van der Waals surface area contributed by atoms with Gasteiger partial charge in [-0.1, -0.05) is 49.0 Å². The zero-order valence-corrected chi connectivity index (χ0v) is 20.4. The Morgan fingerprint density at radius 3 is 2.57 bits per heavy atom. The van der Waals surface area contributed by atoms with E-state index in [4.69, 9.17) is 17.3 Å². The highest BCUT2D eigenvalue weighted by molar-refractivity contribution is 8.00. The summed E-state index contributed by atoms with van der Waals surface area (Å²) in [7, 11) is 0. The Bertz CT molecular complexity index is 1250. The fraction of sp³-hybridized carbons (Fsp3) is 0.308. The number of piperazine rings is 1. The highest BCUT2D eigenvalue weighted by Crippen LogP contribution is 2.42. The van der Waals surface area contributed by atoms with Crippen LogP contribution in [-0.4, -0.2) is 47.0 Å². The standard InChI is InChI=1S/C26H27N7OS/c1-3-20-21(16-27)26(35-23(24(28)34)18-8-5-4-6-9-18)31-25(22(20)29-2)33-14-12-32(13-15-33)17-19-10-7-11-30-19/h4-11,23,30H,3,12-15,17H2,1H3,(H2,28,34). The summed E-state index contributed by atoms with van der Waals surface area (Å²) in [6, 6.07) is 15.6. The lowest BCUT2D eigenvalue weighted by Gasteiger charge is -2.36. The molecule has 0 radical (unpaired) electrons. The lowest BCUT2D eigenvalue weighted by Crippen LogP contribution is -2.46. The molecular weight excluding hydrogens is 458 g/mol. The van der Waals surface area contributed by atoms with Crippen LogP contribution in [-0.2, 0) is 17.8 Å². The summed E-state index contributed by atoms with van der Waals surface area (Å²) < 4.78 is 0. The first-order chi connectivity index (χ1) is 17.0. The first-order valence-electron chi connectivity index (χ1n) is 11.5. The third kappa shape index (κ3) is 5.32. The number of nitrogens with one attached hydrogen (secondary N) is 1. The van der Waals surface area contributed by atoms with Crippen molar-refractivity contribution >= 4 is 29.2 Å². The first-order valence-corrected chi connectivity index (χ1v) is 12.4. The van der Waals surface area contributed by atoms with Gasteiger partial charge < -0.3 is 15.6 Å². The lowest BCUT2D eigenvalue weighted by atomic mass is 10.1. The number of anilines is 1. The van der Waals surface area contributed by atoms with E-state index in [1.807, 2.05) is 49.5 Å². The van der Waals surface area contributed by atoms with E-state index in [0.29, 0.717) is 47.2 Å². The minimum atomic E-state index is -0.690. The second kappa shape index (κ2) is 11.1. The largest absolute Gasteiger partial charge is 0.368 e. The molecule has 3 heterocycles. The van der Waals surface area contributed by atoms with Gasteiger partial charge >= 0.3 is 0 Å².